The van der Waals surface area contributed by atoms with Crippen molar-refractivity contribution in [2.75, 3.05) is 18.4 Å². The van der Waals surface area contributed by atoms with Gasteiger partial charge in [0.15, 0.2) is 11.5 Å². The van der Waals surface area contributed by atoms with E-state index < -0.39 is 0 Å². The third-order valence-electron chi connectivity index (χ3n) is 5.49. The molecular formula is C22H30N4O2. The minimum Gasteiger partial charge on any atom is -0.337 e. The van der Waals surface area contributed by atoms with Crippen LogP contribution in [0.3, 0.4) is 0 Å². The Hall–Kier alpha value is -2.63. The van der Waals surface area contributed by atoms with Crippen LogP contribution >= 0.6 is 0 Å². The molecule has 3 rings (SSSR count). The van der Waals surface area contributed by atoms with Gasteiger partial charge in [0, 0.05) is 25.3 Å². The van der Waals surface area contributed by atoms with Crippen LogP contribution in [-0.2, 0) is 13.0 Å². The summed E-state index contributed by atoms with van der Waals surface area (Å²) in [5, 5.41) is 3.04. The van der Waals surface area contributed by atoms with Crippen LogP contribution in [0.15, 0.2) is 12.1 Å². The monoisotopic (exact) mass is 382 g/mol. The standard InChI is InChI=1S/C22H30N4O2/c1-6-25(7-2)22(28)20-23-19(17-10-8-9-11-26(17)20)21(27)24-18-15(4)12-14(3)13-16(18)5/h12-13H,6-11H2,1-5H3,(H,24,27). The fraction of sp³-hybridized carbons (Fsp3) is 0.500. The highest BCUT2D eigenvalue weighted by Crippen LogP contribution is 2.26. The Bertz CT molecular complexity index is 886. The molecule has 2 amide bonds. The van der Waals surface area contributed by atoms with E-state index in [1.165, 1.54) is 5.56 Å². The van der Waals surface area contributed by atoms with Gasteiger partial charge < -0.3 is 14.8 Å². The highest BCUT2D eigenvalue weighted by Gasteiger charge is 2.29. The second kappa shape index (κ2) is 8.17. The van der Waals surface area contributed by atoms with E-state index in [2.05, 4.69) is 22.4 Å². The van der Waals surface area contributed by atoms with Crippen molar-refractivity contribution in [3.63, 3.8) is 0 Å². The van der Waals surface area contributed by atoms with E-state index >= 15 is 0 Å². The summed E-state index contributed by atoms with van der Waals surface area (Å²) in [6, 6.07) is 4.11. The van der Waals surface area contributed by atoms with Crippen LogP contribution < -0.4 is 5.32 Å². The molecule has 1 aliphatic rings. The molecule has 0 saturated carbocycles. The van der Waals surface area contributed by atoms with Crippen LogP contribution in [-0.4, -0.2) is 39.4 Å². The van der Waals surface area contributed by atoms with Gasteiger partial charge in [-0.15, -0.1) is 0 Å². The van der Waals surface area contributed by atoms with Crippen LogP contribution in [0, 0.1) is 20.8 Å². The number of carbonyl (C=O) groups is 2. The van der Waals surface area contributed by atoms with Gasteiger partial charge in [0.1, 0.15) is 0 Å². The summed E-state index contributed by atoms with van der Waals surface area (Å²) >= 11 is 0. The first-order valence-corrected chi connectivity index (χ1v) is 10.1. The van der Waals surface area contributed by atoms with Crippen molar-refractivity contribution in [1.82, 2.24) is 14.5 Å². The quantitative estimate of drug-likeness (QED) is 0.853. The fourth-order valence-corrected chi connectivity index (χ4v) is 4.09. The maximum Gasteiger partial charge on any atom is 0.289 e. The molecule has 1 aromatic heterocycles. The van der Waals surface area contributed by atoms with Crippen LogP contribution in [0.5, 0.6) is 0 Å². The summed E-state index contributed by atoms with van der Waals surface area (Å²) in [4.78, 5) is 32.3. The number of nitrogens with zero attached hydrogens (tertiary/aromatic N) is 3. The molecule has 0 unspecified atom stereocenters. The number of imidazole rings is 1. The van der Waals surface area contributed by atoms with Gasteiger partial charge in [-0.25, -0.2) is 4.98 Å². The van der Waals surface area contributed by atoms with Gasteiger partial charge in [0.2, 0.25) is 0 Å². The third kappa shape index (κ3) is 3.68. The van der Waals surface area contributed by atoms with Gasteiger partial charge in [0.25, 0.3) is 11.8 Å². The van der Waals surface area contributed by atoms with E-state index in [0.717, 1.165) is 48.3 Å². The maximum atomic E-state index is 13.1. The molecule has 0 spiro atoms. The van der Waals surface area contributed by atoms with Crippen molar-refractivity contribution < 1.29 is 9.59 Å². The number of rotatable bonds is 5. The SMILES string of the molecule is CCN(CC)C(=O)c1nc(C(=O)Nc2c(C)cc(C)cc2C)c2n1CCCC2. The van der Waals surface area contributed by atoms with Gasteiger partial charge in [-0.2, -0.15) is 0 Å². The van der Waals surface area contributed by atoms with Crippen LogP contribution in [0.25, 0.3) is 0 Å². The first-order chi connectivity index (χ1) is 13.4. The molecule has 1 aliphatic heterocycles. The summed E-state index contributed by atoms with van der Waals surface area (Å²) in [6.45, 7) is 11.9. The zero-order chi connectivity index (χ0) is 20.4. The Morgan fingerprint density at radius 3 is 2.36 bits per heavy atom. The largest absolute Gasteiger partial charge is 0.337 e. The van der Waals surface area contributed by atoms with E-state index in [1.54, 1.807) is 4.90 Å². The normalized spacial score (nSPS) is 13.2. The molecule has 0 atom stereocenters. The van der Waals surface area contributed by atoms with Crippen LogP contribution in [0.4, 0.5) is 5.69 Å². The zero-order valence-corrected chi connectivity index (χ0v) is 17.6. The van der Waals surface area contributed by atoms with Crippen LogP contribution in [0.1, 0.15) is 70.2 Å². The van der Waals surface area contributed by atoms with E-state index in [0.29, 0.717) is 24.6 Å². The Labute approximate surface area is 166 Å². The Morgan fingerprint density at radius 1 is 1.11 bits per heavy atom. The van der Waals surface area contributed by atoms with Crippen molar-refractivity contribution in [2.45, 2.75) is 60.4 Å². The summed E-state index contributed by atoms with van der Waals surface area (Å²) in [7, 11) is 0. The van der Waals surface area contributed by atoms with Gasteiger partial charge in [-0.1, -0.05) is 17.7 Å². The first-order valence-electron chi connectivity index (χ1n) is 10.1. The number of hydrogen-bond donors (Lipinski definition) is 1. The number of aryl methyl sites for hydroxylation is 3. The lowest BCUT2D eigenvalue weighted by atomic mass is 10.0. The van der Waals surface area contributed by atoms with Crippen molar-refractivity contribution in [3.8, 4) is 0 Å². The van der Waals surface area contributed by atoms with E-state index in [4.69, 9.17) is 0 Å². The number of hydrogen-bond acceptors (Lipinski definition) is 3. The molecule has 0 saturated heterocycles. The predicted octanol–water partition coefficient (Wildman–Crippen LogP) is 3.88. The first kappa shape index (κ1) is 20.1. The van der Waals surface area contributed by atoms with Crippen molar-refractivity contribution in [2.24, 2.45) is 0 Å². The van der Waals surface area contributed by atoms with Crippen LogP contribution in [0.2, 0.25) is 0 Å². The molecule has 0 bridgehead atoms. The summed E-state index contributed by atoms with van der Waals surface area (Å²) in [6.07, 6.45) is 2.78. The highest BCUT2D eigenvalue weighted by atomic mass is 16.2. The minimum absolute atomic E-state index is 0.102. The molecule has 1 aromatic carbocycles. The maximum absolute atomic E-state index is 13.1. The number of benzene rings is 1. The number of anilines is 1. The molecule has 0 aliphatic carbocycles. The molecule has 6 heteroatoms. The number of carbonyl (C=O) groups excluding carboxylic acids is 2. The summed E-state index contributed by atoms with van der Waals surface area (Å²) in [5.74, 6) is 0.0510. The third-order valence-corrected chi connectivity index (χ3v) is 5.49. The number of amides is 2. The predicted molar refractivity (Wildman–Crippen MR) is 111 cm³/mol. The zero-order valence-electron chi connectivity index (χ0n) is 17.6. The highest BCUT2D eigenvalue weighted by molar-refractivity contribution is 6.05. The second-order valence-electron chi connectivity index (χ2n) is 7.54. The van der Waals surface area contributed by atoms with Crippen molar-refractivity contribution in [3.05, 3.63) is 46.0 Å². The van der Waals surface area contributed by atoms with Gasteiger partial charge in [-0.05, 0) is 65.0 Å². The molecule has 0 fully saturated rings. The lowest BCUT2D eigenvalue weighted by Gasteiger charge is -2.21. The molecule has 150 valence electrons. The minimum atomic E-state index is -0.237. The second-order valence-corrected chi connectivity index (χ2v) is 7.54. The van der Waals surface area contributed by atoms with E-state index in [1.807, 2.05) is 39.2 Å². The van der Waals surface area contributed by atoms with Gasteiger partial charge in [-0.3, -0.25) is 9.59 Å². The van der Waals surface area contributed by atoms with Gasteiger partial charge >= 0.3 is 0 Å². The Kier molecular flexibility index (Phi) is 5.87. The number of aromatic nitrogens is 2. The molecule has 0 radical (unpaired) electrons. The molecule has 2 heterocycles. The lowest BCUT2D eigenvalue weighted by Crippen LogP contribution is -2.33. The topological polar surface area (TPSA) is 67.2 Å². The Balaban J connectivity index is 1.98. The molecule has 2 aromatic rings. The van der Waals surface area contributed by atoms with Crippen molar-refractivity contribution in [1.29, 1.82) is 0 Å². The average Bonchev–Trinajstić information content (AvgIpc) is 3.05. The smallest absolute Gasteiger partial charge is 0.289 e. The molecule has 28 heavy (non-hydrogen) atoms. The van der Waals surface area contributed by atoms with Crippen molar-refractivity contribution >= 4 is 17.5 Å². The fourth-order valence-electron chi connectivity index (χ4n) is 4.09. The lowest BCUT2D eigenvalue weighted by molar-refractivity contribution is 0.0754. The number of fused-ring (bicyclic) bond motifs is 1. The molecular weight excluding hydrogens is 352 g/mol. The van der Waals surface area contributed by atoms with E-state index in [-0.39, 0.29) is 11.8 Å². The summed E-state index contributed by atoms with van der Waals surface area (Å²) < 4.78 is 1.95. The van der Waals surface area contributed by atoms with Gasteiger partial charge in [0.05, 0.1) is 5.69 Å². The average molecular weight is 383 g/mol. The molecule has 1 N–H and O–H groups in total. The Morgan fingerprint density at radius 2 is 1.75 bits per heavy atom. The number of nitrogens with one attached hydrogen (secondary N) is 1. The summed E-state index contributed by atoms with van der Waals surface area (Å²) in [5.41, 5.74) is 5.30. The molecule has 6 nitrogen and oxygen atoms in total. The van der Waals surface area contributed by atoms with E-state index in [9.17, 15) is 9.59 Å².